The van der Waals surface area contributed by atoms with E-state index in [1.54, 1.807) is 24.4 Å². The molecule has 0 amide bonds. The van der Waals surface area contributed by atoms with E-state index in [1.165, 1.54) is 22.3 Å². The van der Waals surface area contributed by atoms with Gasteiger partial charge in [0.1, 0.15) is 10.6 Å². The van der Waals surface area contributed by atoms with Crippen LogP contribution in [0.25, 0.3) is 0 Å². The van der Waals surface area contributed by atoms with Crippen LogP contribution >= 0.6 is 0 Å². The van der Waals surface area contributed by atoms with Gasteiger partial charge >= 0.3 is 0 Å². The number of hydrogen-bond acceptors (Lipinski definition) is 4. The van der Waals surface area contributed by atoms with Gasteiger partial charge in [-0.25, -0.2) is 4.98 Å². The highest BCUT2D eigenvalue weighted by atomic mass is 32.2. The van der Waals surface area contributed by atoms with Crippen LogP contribution in [-0.2, 0) is 21.8 Å². The van der Waals surface area contributed by atoms with Gasteiger partial charge in [0.25, 0.3) is 0 Å². The molecule has 0 saturated heterocycles. The third-order valence-corrected chi connectivity index (χ3v) is 8.71. The summed E-state index contributed by atoms with van der Waals surface area (Å²) in [7, 11) is -1.25. The van der Waals surface area contributed by atoms with Gasteiger partial charge in [0.15, 0.2) is 0 Å². The molecule has 1 aliphatic heterocycles. The molecular weight excluding hydrogens is 428 g/mol. The zero-order chi connectivity index (χ0) is 22.6. The third-order valence-electron chi connectivity index (χ3n) is 7.43. The molecule has 0 radical (unpaired) electrons. The monoisotopic (exact) mass is 454 g/mol. The molecule has 1 unspecified atom stereocenters. The van der Waals surface area contributed by atoms with Crippen molar-refractivity contribution in [2.45, 2.75) is 35.3 Å². The first-order valence-electron chi connectivity index (χ1n) is 11.5. The molecule has 33 heavy (non-hydrogen) atoms. The maximum atomic E-state index is 12.5. The van der Waals surface area contributed by atoms with Crippen molar-refractivity contribution < 1.29 is 9.32 Å². The minimum Gasteiger partial charge on any atom is -0.377 e. The zero-order valence-electron chi connectivity index (χ0n) is 18.5. The molecule has 2 aliphatic carbocycles. The summed E-state index contributed by atoms with van der Waals surface area (Å²) in [6.07, 6.45) is 10.2. The van der Waals surface area contributed by atoms with E-state index in [1.807, 2.05) is 25.4 Å². The third kappa shape index (κ3) is 2.99. The fourth-order valence-corrected chi connectivity index (χ4v) is 6.87. The van der Waals surface area contributed by atoms with E-state index in [4.69, 9.17) is 0 Å². The van der Waals surface area contributed by atoms with Crippen molar-refractivity contribution in [2.75, 3.05) is 12.3 Å². The second kappa shape index (κ2) is 7.51. The summed E-state index contributed by atoms with van der Waals surface area (Å²) in [4.78, 5) is 6.48. The fraction of sp³-hybridized carbons (Fsp3) is 0.250. The average molecular weight is 455 g/mol. The van der Waals surface area contributed by atoms with Crippen LogP contribution < -0.4 is 0 Å². The average Bonchev–Trinajstić information content (AvgIpc) is 3.37. The molecule has 1 aromatic heterocycles. The van der Waals surface area contributed by atoms with Crippen LogP contribution in [0.15, 0.2) is 96.4 Å². The summed E-state index contributed by atoms with van der Waals surface area (Å²) in [6.45, 7) is 2.67. The van der Waals surface area contributed by atoms with E-state index >= 15 is 0 Å². The van der Waals surface area contributed by atoms with E-state index in [0.717, 1.165) is 13.0 Å². The van der Waals surface area contributed by atoms with Crippen LogP contribution in [0.4, 0.5) is 0 Å². The van der Waals surface area contributed by atoms with Crippen LogP contribution in [0.3, 0.4) is 0 Å². The van der Waals surface area contributed by atoms with Crippen molar-refractivity contribution in [1.29, 1.82) is 0 Å². The molecule has 0 fully saturated rings. The van der Waals surface area contributed by atoms with Crippen LogP contribution in [0, 0.1) is 0 Å². The van der Waals surface area contributed by atoms with Crippen LogP contribution in [0.1, 0.15) is 47.1 Å². The lowest BCUT2D eigenvalue weighted by molar-refractivity contribution is 0.131. The predicted octanol–water partition coefficient (Wildman–Crippen LogP) is 4.58. The molecule has 1 atom stereocenters. The molecule has 4 nitrogen and oxygen atoms in total. The number of pyridine rings is 1. The number of aliphatic hydroxyl groups is 1. The quantitative estimate of drug-likeness (QED) is 0.613. The van der Waals surface area contributed by atoms with E-state index in [2.05, 4.69) is 58.4 Å². The predicted molar refractivity (Wildman–Crippen MR) is 130 cm³/mol. The Labute approximate surface area is 196 Å². The molecule has 0 spiro atoms. The summed E-state index contributed by atoms with van der Waals surface area (Å²) in [5.74, 6) is 0.913. The van der Waals surface area contributed by atoms with Crippen molar-refractivity contribution in [3.63, 3.8) is 0 Å². The smallest absolute Gasteiger partial charge is 0.133 e. The first kappa shape index (κ1) is 20.6. The minimum atomic E-state index is -1.33. The molecule has 2 heterocycles. The van der Waals surface area contributed by atoms with Gasteiger partial charge in [0.05, 0.1) is 10.8 Å². The maximum Gasteiger partial charge on any atom is 0.133 e. The van der Waals surface area contributed by atoms with Crippen molar-refractivity contribution in [3.05, 3.63) is 119 Å². The number of fused-ring (bicyclic) bond motifs is 8. The van der Waals surface area contributed by atoms with Crippen molar-refractivity contribution >= 4 is 10.8 Å². The van der Waals surface area contributed by atoms with Crippen molar-refractivity contribution in [2.24, 2.45) is 0 Å². The van der Waals surface area contributed by atoms with Crippen molar-refractivity contribution in [1.82, 2.24) is 9.88 Å². The lowest BCUT2D eigenvalue weighted by atomic mass is 9.74. The first-order valence-corrected chi connectivity index (χ1v) is 12.8. The van der Waals surface area contributed by atoms with Gasteiger partial charge in [0.2, 0.25) is 0 Å². The van der Waals surface area contributed by atoms with E-state index in [0.29, 0.717) is 22.3 Å². The second-order valence-corrected chi connectivity index (χ2v) is 10.8. The van der Waals surface area contributed by atoms with Gasteiger partial charge in [-0.15, -0.1) is 0 Å². The molecule has 166 valence electrons. The molecule has 1 N–H and O–H groups in total. The highest BCUT2D eigenvalue weighted by molar-refractivity contribution is 7.85. The largest absolute Gasteiger partial charge is 0.377 e. The number of aromatic nitrogens is 1. The Bertz CT molecular complexity index is 1270. The molecule has 3 aliphatic rings. The van der Waals surface area contributed by atoms with E-state index < -0.39 is 16.4 Å². The highest BCUT2D eigenvalue weighted by Crippen LogP contribution is 2.60. The number of benzene rings is 2. The Morgan fingerprint density at radius 3 is 2.21 bits per heavy atom. The van der Waals surface area contributed by atoms with Crippen LogP contribution in [-0.4, -0.2) is 31.5 Å². The second-order valence-electron chi connectivity index (χ2n) is 9.13. The Kier molecular flexibility index (Phi) is 4.68. The molecule has 2 bridgehead atoms. The van der Waals surface area contributed by atoms with Gasteiger partial charge in [-0.05, 0) is 46.9 Å². The lowest BCUT2D eigenvalue weighted by Crippen LogP contribution is -2.37. The Morgan fingerprint density at radius 2 is 1.58 bits per heavy atom. The number of nitrogens with zero attached hydrogens (tertiary/aromatic N) is 2. The van der Waals surface area contributed by atoms with Gasteiger partial charge in [-0.3, -0.25) is 4.21 Å². The molecule has 0 saturated carbocycles. The van der Waals surface area contributed by atoms with Gasteiger partial charge in [-0.2, -0.15) is 0 Å². The van der Waals surface area contributed by atoms with Gasteiger partial charge in [0, 0.05) is 47.8 Å². The Hall–Kier alpha value is -3.02. The SMILES string of the molecule is CCS(=O)c1ncccc1C1(O)C=CN(CC23CC(c4ccccc42)c2ccccc23)C=C1. The zero-order valence-corrected chi connectivity index (χ0v) is 19.3. The Morgan fingerprint density at radius 1 is 0.970 bits per heavy atom. The molecule has 2 aromatic carbocycles. The summed E-state index contributed by atoms with van der Waals surface area (Å²) >= 11 is 0. The van der Waals surface area contributed by atoms with E-state index in [9.17, 15) is 9.32 Å². The molecule has 3 aromatic rings. The Balaban J connectivity index is 1.34. The van der Waals surface area contributed by atoms with Crippen LogP contribution in [0.2, 0.25) is 0 Å². The molecular formula is C28H26N2O2S. The lowest BCUT2D eigenvalue weighted by Gasteiger charge is -2.37. The fourth-order valence-electron chi connectivity index (χ4n) is 5.94. The molecule has 5 heteroatoms. The summed E-state index contributed by atoms with van der Waals surface area (Å²) in [5.41, 5.74) is 4.91. The standard InChI is InChI=1S/C28H26N2O2S/c1-2-33(32)26-25(12-7-15-29-26)28(31)13-16-30(17-14-28)19-27-18-22(20-8-3-5-10-23(20)27)21-9-4-6-11-24(21)27/h3-17,22,31H,2,18-19H2,1H3. The minimum absolute atomic E-state index is 0.0643. The number of hydrogen-bond donors (Lipinski definition) is 1. The normalized spacial score (nSPS) is 24.5. The molecule has 6 rings (SSSR count). The summed E-state index contributed by atoms with van der Waals surface area (Å²) in [5, 5.41) is 11.9. The van der Waals surface area contributed by atoms with Gasteiger partial charge < -0.3 is 10.0 Å². The summed E-state index contributed by atoms with van der Waals surface area (Å²) < 4.78 is 12.5. The topological polar surface area (TPSA) is 53.4 Å². The van der Waals surface area contributed by atoms with E-state index in [-0.39, 0.29) is 5.41 Å². The maximum absolute atomic E-state index is 12.5. The van der Waals surface area contributed by atoms with Gasteiger partial charge in [-0.1, -0.05) is 61.5 Å². The number of rotatable bonds is 5. The highest BCUT2D eigenvalue weighted by Gasteiger charge is 2.53. The van der Waals surface area contributed by atoms with Crippen molar-refractivity contribution in [3.8, 4) is 0 Å². The first-order chi connectivity index (χ1) is 16.1. The summed E-state index contributed by atoms with van der Waals surface area (Å²) in [6, 6.07) is 21.3. The van der Waals surface area contributed by atoms with Crippen LogP contribution in [0.5, 0.6) is 0 Å².